The molecule has 0 aliphatic heterocycles. The van der Waals surface area contributed by atoms with E-state index in [1.807, 2.05) is 24.5 Å². The van der Waals surface area contributed by atoms with Crippen LogP contribution < -0.4 is 4.57 Å². The molecule has 1 nitrogen and oxygen atoms in total. The number of hydrogen-bond acceptors (Lipinski definition) is 0. The zero-order chi connectivity index (χ0) is 5.82. The molecular formula is C7H9N+. The van der Waals surface area contributed by atoms with Crippen LogP contribution in [0, 0.1) is 6.07 Å². The fourth-order valence-corrected chi connectivity index (χ4v) is 0.594. The van der Waals surface area contributed by atoms with Crippen LogP contribution in [0.15, 0.2) is 24.5 Å². The fraction of sp³-hybridized carbons (Fsp3) is 0.286. The molecule has 0 fully saturated rings. The standard InChI is InChI=1S/C7H9N/c1-2-8-6-4-3-5-7-8/h4-7H,2H2,1H3/q+1. The van der Waals surface area contributed by atoms with E-state index in [0.29, 0.717) is 0 Å². The third kappa shape index (κ3) is 1.06. The highest BCUT2D eigenvalue weighted by Crippen LogP contribution is 1.73. The summed E-state index contributed by atoms with van der Waals surface area (Å²) in [6.07, 6.45) is 4.00. The van der Waals surface area contributed by atoms with E-state index in [0.717, 1.165) is 6.54 Å². The average Bonchev–Trinajstić information content (AvgIpc) is 1.90. The molecule has 0 aliphatic rings. The van der Waals surface area contributed by atoms with Crippen molar-refractivity contribution in [3.63, 3.8) is 0 Å². The van der Waals surface area contributed by atoms with E-state index < -0.39 is 0 Å². The molecule has 1 heterocycles. The van der Waals surface area contributed by atoms with Crippen LogP contribution in [0.4, 0.5) is 0 Å². The summed E-state index contributed by atoms with van der Waals surface area (Å²) in [7, 11) is 0. The first-order valence-electron chi connectivity index (χ1n) is 2.78. The molecule has 0 spiro atoms. The van der Waals surface area contributed by atoms with Crippen molar-refractivity contribution in [3.8, 4) is 0 Å². The molecule has 0 amide bonds. The van der Waals surface area contributed by atoms with Gasteiger partial charge in [-0.1, -0.05) is 0 Å². The number of aryl methyl sites for hydroxylation is 1. The van der Waals surface area contributed by atoms with Gasteiger partial charge in [0.15, 0.2) is 12.4 Å². The highest BCUT2D eigenvalue weighted by molar-refractivity contribution is 4.80. The van der Waals surface area contributed by atoms with E-state index in [1.165, 1.54) is 0 Å². The van der Waals surface area contributed by atoms with Crippen LogP contribution in [0.5, 0.6) is 0 Å². The lowest BCUT2D eigenvalue weighted by Crippen LogP contribution is -2.30. The molecule has 0 aliphatic carbocycles. The first kappa shape index (κ1) is 5.29. The van der Waals surface area contributed by atoms with Crippen LogP contribution in [-0.2, 0) is 6.54 Å². The third-order valence-corrected chi connectivity index (χ3v) is 1.09. The zero-order valence-corrected chi connectivity index (χ0v) is 4.96. The Morgan fingerprint density at radius 1 is 1.38 bits per heavy atom. The molecular weight excluding hydrogens is 98.1 g/mol. The normalized spacial score (nSPS) is 9.12. The van der Waals surface area contributed by atoms with Gasteiger partial charge in [-0.25, -0.2) is 4.57 Å². The molecule has 1 radical (unpaired) electrons. The monoisotopic (exact) mass is 107 g/mol. The van der Waals surface area contributed by atoms with Gasteiger partial charge in [0.25, 0.3) is 0 Å². The smallest absolute Gasteiger partial charge is 0.169 e. The van der Waals surface area contributed by atoms with E-state index in [9.17, 15) is 0 Å². The van der Waals surface area contributed by atoms with Gasteiger partial charge in [-0.05, 0) is 13.0 Å². The highest BCUT2D eigenvalue weighted by Gasteiger charge is 1.86. The maximum Gasteiger partial charge on any atom is 0.169 e. The molecule has 0 unspecified atom stereocenters. The lowest BCUT2D eigenvalue weighted by molar-refractivity contribution is -0.693. The van der Waals surface area contributed by atoms with Crippen LogP contribution in [0.3, 0.4) is 0 Å². The van der Waals surface area contributed by atoms with Gasteiger partial charge >= 0.3 is 0 Å². The Hall–Kier alpha value is -0.850. The third-order valence-electron chi connectivity index (χ3n) is 1.09. The van der Waals surface area contributed by atoms with Gasteiger partial charge in [0, 0.05) is 12.1 Å². The predicted octanol–water partition coefficient (Wildman–Crippen LogP) is 0.794. The van der Waals surface area contributed by atoms with E-state index >= 15 is 0 Å². The highest BCUT2D eigenvalue weighted by atomic mass is 14.9. The quantitative estimate of drug-likeness (QED) is 0.467. The first-order chi connectivity index (χ1) is 3.93. The molecule has 0 aromatic carbocycles. The van der Waals surface area contributed by atoms with Crippen molar-refractivity contribution in [3.05, 3.63) is 30.6 Å². The maximum absolute atomic E-state index is 2.95. The molecule has 0 saturated heterocycles. The minimum absolute atomic E-state index is 1.04. The summed E-state index contributed by atoms with van der Waals surface area (Å²) in [5.41, 5.74) is 0. The van der Waals surface area contributed by atoms with Crippen molar-refractivity contribution >= 4 is 0 Å². The number of nitrogens with zero attached hydrogens (tertiary/aromatic N) is 1. The van der Waals surface area contributed by atoms with Crippen molar-refractivity contribution in [2.45, 2.75) is 13.5 Å². The average molecular weight is 107 g/mol. The van der Waals surface area contributed by atoms with E-state index in [2.05, 4.69) is 17.6 Å². The molecule has 41 valence electrons. The summed E-state index contributed by atoms with van der Waals surface area (Å²) in [5, 5.41) is 0. The topological polar surface area (TPSA) is 3.88 Å². The Bertz CT molecular complexity index is 146. The number of pyridine rings is 1. The number of hydrogen-bond donors (Lipinski definition) is 0. The van der Waals surface area contributed by atoms with Gasteiger partial charge in [-0.2, -0.15) is 0 Å². The molecule has 0 atom stereocenters. The first-order valence-corrected chi connectivity index (χ1v) is 2.78. The van der Waals surface area contributed by atoms with Gasteiger partial charge in [0.05, 0.1) is 0 Å². The molecule has 0 bridgehead atoms. The van der Waals surface area contributed by atoms with E-state index in [-0.39, 0.29) is 0 Å². The van der Waals surface area contributed by atoms with Crippen LogP contribution >= 0.6 is 0 Å². The second kappa shape index (κ2) is 2.46. The predicted molar refractivity (Wildman–Crippen MR) is 31.1 cm³/mol. The van der Waals surface area contributed by atoms with Crippen LogP contribution in [0.2, 0.25) is 0 Å². The summed E-state index contributed by atoms with van der Waals surface area (Å²) in [5.74, 6) is 0. The Morgan fingerprint density at radius 3 is 2.38 bits per heavy atom. The van der Waals surface area contributed by atoms with Gasteiger partial charge in [0.1, 0.15) is 6.54 Å². The molecule has 1 aromatic rings. The maximum atomic E-state index is 2.95. The lowest BCUT2D eigenvalue weighted by Gasteiger charge is -1.84. The van der Waals surface area contributed by atoms with Crippen molar-refractivity contribution in [2.75, 3.05) is 0 Å². The number of aromatic nitrogens is 1. The van der Waals surface area contributed by atoms with Crippen molar-refractivity contribution in [1.82, 2.24) is 0 Å². The summed E-state index contributed by atoms with van der Waals surface area (Å²) < 4.78 is 2.09. The Labute approximate surface area is 49.6 Å². The summed E-state index contributed by atoms with van der Waals surface area (Å²) in [6.45, 7) is 3.15. The number of rotatable bonds is 1. The Balaban J connectivity index is 2.83. The molecule has 0 saturated carbocycles. The minimum Gasteiger partial charge on any atom is -0.205 e. The van der Waals surface area contributed by atoms with E-state index in [1.54, 1.807) is 0 Å². The molecule has 1 rings (SSSR count). The van der Waals surface area contributed by atoms with Gasteiger partial charge in [-0.15, -0.1) is 0 Å². The summed E-state index contributed by atoms with van der Waals surface area (Å²) in [6, 6.07) is 6.76. The van der Waals surface area contributed by atoms with Crippen molar-refractivity contribution < 1.29 is 4.57 Å². The van der Waals surface area contributed by atoms with Gasteiger partial charge in [-0.3, -0.25) is 0 Å². The minimum atomic E-state index is 1.04. The lowest BCUT2D eigenvalue weighted by atomic mass is 10.5. The summed E-state index contributed by atoms with van der Waals surface area (Å²) >= 11 is 0. The largest absolute Gasteiger partial charge is 0.205 e. The van der Waals surface area contributed by atoms with Crippen LogP contribution in [-0.4, -0.2) is 0 Å². The van der Waals surface area contributed by atoms with E-state index in [4.69, 9.17) is 0 Å². The Kier molecular flexibility index (Phi) is 1.62. The second-order valence-corrected chi connectivity index (χ2v) is 1.63. The van der Waals surface area contributed by atoms with Crippen molar-refractivity contribution in [2.24, 2.45) is 0 Å². The Morgan fingerprint density at radius 2 is 2.00 bits per heavy atom. The molecule has 1 heteroatoms. The molecule has 1 aromatic heterocycles. The SMILES string of the molecule is CC[n+]1cc[c]cc1. The van der Waals surface area contributed by atoms with Gasteiger partial charge in [0.2, 0.25) is 0 Å². The van der Waals surface area contributed by atoms with Gasteiger partial charge < -0.3 is 0 Å². The fourth-order valence-electron chi connectivity index (χ4n) is 0.594. The zero-order valence-electron chi connectivity index (χ0n) is 4.96. The summed E-state index contributed by atoms with van der Waals surface area (Å²) in [4.78, 5) is 0. The molecule has 8 heavy (non-hydrogen) atoms. The second-order valence-electron chi connectivity index (χ2n) is 1.63. The van der Waals surface area contributed by atoms with Crippen LogP contribution in [0.25, 0.3) is 0 Å². The molecule has 0 N–H and O–H groups in total. The van der Waals surface area contributed by atoms with Crippen molar-refractivity contribution in [1.29, 1.82) is 0 Å². The van der Waals surface area contributed by atoms with Crippen LogP contribution in [0.1, 0.15) is 6.92 Å².